The highest BCUT2D eigenvalue weighted by Crippen LogP contribution is 2.21. The number of hydrogen-bond donors (Lipinski definition) is 2. The van der Waals surface area contributed by atoms with Crippen molar-refractivity contribution in [1.29, 1.82) is 0 Å². The lowest BCUT2D eigenvalue weighted by Crippen LogP contribution is -2.31. The summed E-state index contributed by atoms with van der Waals surface area (Å²) < 4.78 is 40.9. The van der Waals surface area contributed by atoms with Crippen molar-refractivity contribution in [2.24, 2.45) is 0 Å². The van der Waals surface area contributed by atoms with Crippen LogP contribution in [0.1, 0.15) is 6.92 Å². The number of nitro groups is 1. The highest BCUT2D eigenvalue weighted by molar-refractivity contribution is 5.96. The molecular formula is C17H16F3N3O4. The zero-order chi connectivity index (χ0) is 20.0. The summed E-state index contributed by atoms with van der Waals surface area (Å²) in [6.45, 7) is 0.211. The normalized spacial score (nSPS) is 12.1. The van der Waals surface area contributed by atoms with E-state index >= 15 is 0 Å². The van der Waals surface area contributed by atoms with Crippen molar-refractivity contribution in [2.75, 3.05) is 17.2 Å². The lowest BCUT2D eigenvalue weighted by atomic mass is 10.2. The van der Waals surface area contributed by atoms with Crippen LogP contribution in [0, 0.1) is 10.1 Å². The molecule has 27 heavy (non-hydrogen) atoms. The molecule has 10 heteroatoms. The van der Waals surface area contributed by atoms with Crippen molar-refractivity contribution >= 4 is 23.0 Å². The van der Waals surface area contributed by atoms with Crippen molar-refractivity contribution in [1.82, 2.24) is 0 Å². The number of amides is 1. The van der Waals surface area contributed by atoms with Gasteiger partial charge in [-0.25, -0.2) is 0 Å². The number of rotatable bonds is 7. The number of nitrogens with one attached hydrogen (secondary N) is 2. The number of benzene rings is 2. The minimum absolute atomic E-state index is 0.0564. The molecule has 0 aliphatic heterocycles. The molecule has 144 valence electrons. The Morgan fingerprint density at radius 3 is 2.19 bits per heavy atom. The van der Waals surface area contributed by atoms with Crippen molar-refractivity contribution in [2.45, 2.75) is 19.1 Å². The van der Waals surface area contributed by atoms with E-state index in [2.05, 4.69) is 15.4 Å². The summed E-state index contributed by atoms with van der Waals surface area (Å²) in [7, 11) is 0. The van der Waals surface area contributed by atoms with Crippen molar-refractivity contribution < 1.29 is 27.6 Å². The molecular weight excluding hydrogens is 367 g/mol. The molecule has 1 amide bonds. The lowest BCUT2D eigenvalue weighted by Gasteiger charge is -2.16. The predicted molar refractivity (Wildman–Crippen MR) is 92.8 cm³/mol. The highest BCUT2D eigenvalue weighted by Gasteiger charge is 2.28. The predicted octanol–water partition coefficient (Wildman–Crippen LogP) is 3.98. The molecule has 0 aliphatic rings. The number of ether oxygens (including phenoxy) is 1. The molecule has 7 nitrogen and oxygen atoms in total. The molecule has 0 heterocycles. The third-order valence-electron chi connectivity index (χ3n) is 3.38. The number of nitro benzene ring substituents is 1. The monoisotopic (exact) mass is 383 g/mol. The maximum absolute atomic E-state index is 12.2. The van der Waals surface area contributed by atoms with Gasteiger partial charge in [-0.05, 0) is 43.3 Å². The van der Waals surface area contributed by atoms with Gasteiger partial charge < -0.3 is 15.4 Å². The second kappa shape index (κ2) is 8.39. The molecule has 0 aliphatic carbocycles. The summed E-state index contributed by atoms with van der Waals surface area (Å²) in [6, 6.07) is 10.4. The molecule has 2 aromatic rings. The van der Waals surface area contributed by atoms with Crippen LogP contribution in [-0.2, 0) is 4.79 Å². The van der Waals surface area contributed by atoms with Crippen LogP contribution in [0.25, 0.3) is 0 Å². The number of carbonyl (C=O) groups excluding carboxylic acids is 1. The summed E-state index contributed by atoms with van der Waals surface area (Å²) >= 11 is 0. The quantitative estimate of drug-likeness (QED) is 0.557. The Bertz CT molecular complexity index is 793. The smallest absolute Gasteiger partial charge is 0.422 e. The molecule has 0 fully saturated rings. The fraction of sp³-hybridized carbons (Fsp3) is 0.235. The van der Waals surface area contributed by atoms with E-state index < -0.39 is 23.7 Å². The second-order valence-corrected chi connectivity index (χ2v) is 5.59. The maximum atomic E-state index is 12.2. The molecule has 2 N–H and O–H groups in total. The van der Waals surface area contributed by atoms with E-state index in [0.717, 1.165) is 0 Å². The first-order valence-corrected chi connectivity index (χ1v) is 7.75. The number of hydrogen-bond acceptors (Lipinski definition) is 5. The van der Waals surface area contributed by atoms with Crippen molar-refractivity contribution in [3.8, 4) is 5.75 Å². The molecule has 2 aromatic carbocycles. The van der Waals surface area contributed by atoms with Crippen molar-refractivity contribution in [3.63, 3.8) is 0 Å². The number of carbonyl (C=O) groups is 1. The Hall–Kier alpha value is -3.30. The van der Waals surface area contributed by atoms with E-state index in [1.165, 1.54) is 48.5 Å². The number of anilines is 2. The van der Waals surface area contributed by atoms with Crippen LogP contribution in [0.3, 0.4) is 0 Å². The lowest BCUT2D eigenvalue weighted by molar-refractivity contribution is -0.384. The summed E-state index contributed by atoms with van der Waals surface area (Å²) in [5.74, 6) is -0.331. The van der Waals surface area contributed by atoms with Gasteiger partial charge in [-0.3, -0.25) is 14.9 Å². The SMILES string of the molecule is CC(Nc1ccc(OCC(F)(F)F)cc1)C(=O)Nc1ccc([N+](=O)[O-])cc1. The fourth-order valence-electron chi connectivity index (χ4n) is 2.05. The first-order chi connectivity index (χ1) is 12.6. The van der Waals surface area contributed by atoms with E-state index in [0.29, 0.717) is 11.4 Å². The Kier molecular flexibility index (Phi) is 6.22. The average Bonchev–Trinajstić information content (AvgIpc) is 2.61. The molecule has 1 atom stereocenters. The molecule has 0 spiro atoms. The minimum atomic E-state index is -4.42. The van der Waals surface area contributed by atoms with Gasteiger partial charge in [0.25, 0.3) is 5.69 Å². The Balaban J connectivity index is 1.89. The Morgan fingerprint density at radius 2 is 1.67 bits per heavy atom. The fourth-order valence-corrected chi connectivity index (χ4v) is 2.05. The van der Waals surface area contributed by atoms with Gasteiger partial charge >= 0.3 is 6.18 Å². The topological polar surface area (TPSA) is 93.5 Å². The number of nitrogens with zero attached hydrogens (tertiary/aromatic N) is 1. The van der Waals surface area contributed by atoms with E-state index in [1.54, 1.807) is 6.92 Å². The zero-order valence-electron chi connectivity index (χ0n) is 14.1. The van der Waals surface area contributed by atoms with Crippen LogP contribution in [0.4, 0.5) is 30.2 Å². The molecule has 0 bridgehead atoms. The number of halogens is 3. The van der Waals surface area contributed by atoms with Gasteiger partial charge in [0.2, 0.25) is 5.91 Å². The summed E-state index contributed by atoms with van der Waals surface area (Å²) in [4.78, 5) is 22.2. The zero-order valence-corrected chi connectivity index (χ0v) is 14.1. The van der Waals surface area contributed by atoms with Crippen LogP contribution in [-0.4, -0.2) is 29.7 Å². The molecule has 0 saturated carbocycles. The average molecular weight is 383 g/mol. The maximum Gasteiger partial charge on any atom is 0.422 e. The largest absolute Gasteiger partial charge is 0.484 e. The second-order valence-electron chi connectivity index (χ2n) is 5.59. The molecule has 0 aromatic heterocycles. The first kappa shape index (κ1) is 20.0. The van der Waals surface area contributed by atoms with Crippen LogP contribution in [0.2, 0.25) is 0 Å². The van der Waals surface area contributed by atoms with Crippen LogP contribution >= 0.6 is 0 Å². The number of non-ortho nitro benzene ring substituents is 1. The number of alkyl halides is 3. The van der Waals surface area contributed by atoms with E-state index in [4.69, 9.17) is 0 Å². The van der Waals surface area contributed by atoms with Crippen molar-refractivity contribution in [3.05, 3.63) is 58.6 Å². The molecule has 2 rings (SSSR count). The van der Waals surface area contributed by atoms with E-state index in [9.17, 15) is 28.1 Å². The van der Waals surface area contributed by atoms with Gasteiger partial charge in [-0.15, -0.1) is 0 Å². The van der Waals surface area contributed by atoms with Gasteiger partial charge in [0.1, 0.15) is 11.8 Å². The first-order valence-electron chi connectivity index (χ1n) is 7.75. The van der Waals surface area contributed by atoms with Crippen LogP contribution < -0.4 is 15.4 Å². The van der Waals surface area contributed by atoms with Crippen LogP contribution in [0.5, 0.6) is 5.75 Å². The minimum Gasteiger partial charge on any atom is -0.484 e. The highest BCUT2D eigenvalue weighted by atomic mass is 19.4. The molecule has 0 radical (unpaired) electrons. The standard InChI is InChI=1S/C17H16F3N3O4/c1-11(16(24)22-13-2-6-14(7-3-13)23(25)26)21-12-4-8-15(9-5-12)27-10-17(18,19)20/h2-9,11,21H,10H2,1H3,(H,22,24). The van der Waals surface area contributed by atoms with Gasteiger partial charge in [0.15, 0.2) is 6.61 Å². The Labute approximate surface area is 152 Å². The van der Waals surface area contributed by atoms with Gasteiger partial charge in [0.05, 0.1) is 4.92 Å². The van der Waals surface area contributed by atoms with Gasteiger partial charge in [-0.2, -0.15) is 13.2 Å². The summed E-state index contributed by atoms with van der Waals surface area (Å²) in [5.41, 5.74) is 0.822. The molecule has 0 saturated heterocycles. The Morgan fingerprint density at radius 1 is 1.11 bits per heavy atom. The third-order valence-corrected chi connectivity index (χ3v) is 3.38. The van der Waals surface area contributed by atoms with E-state index in [-0.39, 0.29) is 17.3 Å². The molecule has 1 unspecified atom stereocenters. The third kappa shape index (κ3) is 6.49. The van der Waals surface area contributed by atoms with Gasteiger partial charge in [-0.1, -0.05) is 0 Å². The summed E-state index contributed by atoms with van der Waals surface area (Å²) in [6.07, 6.45) is -4.42. The summed E-state index contributed by atoms with van der Waals surface area (Å²) in [5, 5.41) is 16.1. The van der Waals surface area contributed by atoms with Crippen LogP contribution in [0.15, 0.2) is 48.5 Å². The van der Waals surface area contributed by atoms with E-state index in [1.807, 2.05) is 0 Å². The van der Waals surface area contributed by atoms with Gasteiger partial charge in [0, 0.05) is 23.5 Å².